The number of benzene rings is 1. The smallest absolute Gasteiger partial charge is 0.294 e. The number of hydrogen-bond donors (Lipinski definition) is 1. The van der Waals surface area contributed by atoms with Gasteiger partial charge in [0.2, 0.25) is 0 Å². The molecule has 1 aromatic carbocycles. The molecule has 2 aromatic rings. The normalized spacial score (nSPS) is 24.4. The number of pyridine rings is 1. The SMILES string of the molecule is CN1[C@@H]2CC[C@H]1C[C@H](Oc1ccc(Cl)nc1)C2.Cc1ccc(S(=O)(=O)O)cc1. The quantitative estimate of drug-likeness (QED) is 0.593. The van der Waals surface area contributed by atoms with Gasteiger partial charge in [-0.15, -0.1) is 0 Å². The Labute approximate surface area is 171 Å². The maximum absolute atomic E-state index is 10.5. The number of rotatable bonds is 3. The fourth-order valence-electron chi connectivity index (χ4n) is 3.79. The van der Waals surface area contributed by atoms with E-state index < -0.39 is 10.1 Å². The molecule has 0 saturated carbocycles. The maximum atomic E-state index is 10.5. The molecular formula is C20H25ClN2O4S. The number of nitrogens with zero attached hydrogens (tertiary/aromatic N) is 2. The van der Waals surface area contributed by atoms with Gasteiger partial charge in [-0.2, -0.15) is 8.42 Å². The minimum absolute atomic E-state index is 0.0666. The van der Waals surface area contributed by atoms with Crippen LogP contribution in [-0.4, -0.2) is 48.1 Å². The number of hydrogen-bond acceptors (Lipinski definition) is 5. The molecule has 152 valence electrons. The van der Waals surface area contributed by atoms with Crippen LogP contribution in [-0.2, 0) is 10.1 Å². The molecular weight excluding hydrogens is 400 g/mol. The van der Waals surface area contributed by atoms with E-state index >= 15 is 0 Å². The molecule has 2 saturated heterocycles. The summed E-state index contributed by atoms with van der Waals surface area (Å²) in [5.74, 6) is 0.836. The van der Waals surface area contributed by atoms with Gasteiger partial charge >= 0.3 is 0 Å². The van der Waals surface area contributed by atoms with Crippen LogP contribution in [0.5, 0.6) is 5.75 Å². The molecule has 0 spiro atoms. The van der Waals surface area contributed by atoms with Crippen LogP contribution in [0.15, 0.2) is 47.5 Å². The Kier molecular flexibility index (Phi) is 6.60. The van der Waals surface area contributed by atoms with Crippen LogP contribution in [0.2, 0.25) is 5.15 Å². The Hall–Kier alpha value is -1.67. The van der Waals surface area contributed by atoms with Gasteiger partial charge < -0.3 is 9.64 Å². The van der Waals surface area contributed by atoms with Gasteiger partial charge in [-0.25, -0.2) is 4.98 Å². The number of piperidine rings is 1. The number of aromatic nitrogens is 1. The van der Waals surface area contributed by atoms with Gasteiger partial charge in [-0.1, -0.05) is 29.3 Å². The molecule has 4 rings (SSSR count). The van der Waals surface area contributed by atoms with Crippen molar-refractivity contribution in [1.82, 2.24) is 9.88 Å². The lowest BCUT2D eigenvalue weighted by molar-refractivity contribution is 0.0659. The van der Waals surface area contributed by atoms with Crippen molar-refractivity contribution in [2.24, 2.45) is 0 Å². The molecule has 8 heteroatoms. The van der Waals surface area contributed by atoms with E-state index in [9.17, 15) is 8.42 Å². The number of ether oxygens (including phenoxy) is 1. The fraction of sp³-hybridized carbons (Fsp3) is 0.450. The van der Waals surface area contributed by atoms with Crippen LogP contribution < -0.4 is 4.74 Å². The van der Waals surface area contributed by atoms with Crippen LogP contribution >= 0.6 is 11.6 Å². The minimum atomic E-state index is -4.02. The van der Waals surface area contributed by atoms with Gasteiger partial charge in [0.15, 0.2) is 0 Å². The van der Waals surface area contributed by atoms with Crippen molar-refractivity contribution in [3.63, 3.8) is 0 Å². The Morgan fingerprint density at radius 3 is 2.21 bits per heavy atom. The lowest BCUT2D eigenvalue weighted by atomic mass is 10.0. The van der Waals surface area contributed by atoms with Gasteiger partial charge in [0.25, 0.3) is 10.1 Å². The summed E-state index contributed by atoms with van der Waals surface area (Å²) >= 11 is 5.76. The van der Waals surface area contributed by atoms with E-state index in [-0.39, 0.29) is 4.90 Å². The summed E-state index contributed by atoms with van der Waals surface area (Å²) in [7, 11) is -1.78. The van der Waals surface area contributed by atoms with E-state index in [0.717, 1.165) is 24.2 Å². The first kappa shape index (κ1) is 21.0. The van der Waals surface area contributed by atoms with Crippen LogP contribution in [0, 0.1) is 6.92 Å². The Morgan fingerprint density at radius 1 is 1.11 bits per heavy atom. The first-order valence-corrected chi connectivity index (χ1v) is 11.1. The fourth-order valence-corrected chi connectivity index (χ4v) is 4.38. The monoisotopic (exact) mass is 424 g/mol. The molecule has 2 bridgehead atoms. The molecule has 0 amide bonds. The lowest BCUT2D eigenvalue weighted by Crippen LogP contribution is -2.43. The molecule has 2 aliphatic heterocycles. The van der Waals surface area contributed by atoms with Crippen LogP contribution in [0.3, 0.4) is 0 Å². The van der Waals surface area contributed by atoms with Crippen molar-refractivity contribution in [3.8, 4) is 5.75 Å². The summed E-state index contributed by atoms with van der Waals surface area (Å²) in [5, 5.41) is 0.515. The second-order valence-corrected chi connectivity index (χ2v) is 9.18. The lowest BCUT2D eigenvalue weighted by Gasteiger charge is -2.36. The second-order valence-electron chi connectivity index (χ2n) is 7.37. The molecule has 1 aromatic heterocycles. The van der Waals surface area contributed by atoms with Gasteiger partial charge in [-0.05, 0) is 63.9 Å². The number of aryl methyl sites for hydroxylation is 1. The molecule has 2 aliphatic rings. The standard InChI is InChI=1S/C13H17ClN2O.C7H8O3S/c1-16-9-2-3-10(16)7-12(6-9)17-11-4-5-13(14)15-8-11;1-6-2-4-7(5-3-6)11(8,9)10/h4-5,8-10,12H,2-3,6-7H2,1H3;2-5H,1H3,(H,8,9,10)/t9-,10+,12-;. The van der Waals surface area contributed by atoms with E-state index in [2.05, 4.69) is 16.9 Å². The highest BCUT2D eigenvalue weighted by Crippen LogP contribution is 2.35. The Morgan fingerprint density at radius 2 is 1.71 bits per heavy atom. The van der Waals surface area contributed by atoms with E-state index in [1.165, 1.54) is 25.0 Å². The largest absolute Gasteiger partial charge is 0.489 e. The molecule has 0 radical (unpaired) electrons. The highest BCUT2D eigenvalue weighted by molar-refractivity contribution is 7.85. The van der Waals surface area contributed by atoms with Gasteiger partial charge in [-0.3, -0.25) is 4.55 Å². The zero-order chi connectivity index (χ0) is 20.3. The molecule has 6 nitrogen and oxygen atoms in total. The van der Waals surface area contributed by atoms with E-state index in [1.807, 2.05) is 13.0 Å². The predicted octanol–water partition coefficient (Wildman–Crippen LogP) is 3.98. The number of fused-ring (bicyclic) bond motifs is 2. The first-order chi connectivity index (χ1) is 13.2. The average molecular weight is 425 g/mol. The van der Waals surface area contributed by atoms with Crippen molar-refractivity contribution in [3.05, 3.63) is 53.3 Å². The average Bonchev–Trinajstić information content (AvgIpc) is 2.85. The molecule has 0 unspecified atom stereocenters. The van der Waals surface area contributed by atoms with Gasteiger partial charge in [0, 0.05) is 12.1 Å². The molecule has 2 fully saturated rings. The zero-order valence-electron chi connectivity index (χ0n) is 16.0. The first-order valence-electron chi connectivity index (χ1n) is 9.26. The van der Waals surface area contributed by atoms with Gasteiger partial charge in [0.1, 0.15) is 17.0 Å². The maximum Gasteiger partial charge on any atom is 0.294 e. The Bertz CT molecular complexity index is 873. The van der Waals surface area contributed by atoms with Crippen molar-refractivity contribution in [2.75, 3.05) is 7.05 Å². The molecule has 1 N–H and O–H groups in total. The molecule has 28 heavy (non-hydrogen) atoms. The van der Waals surface area contributed by atoms with Gasteiger partial charge in [0.05, 0.1) is 11.1 Å². The van der Waals surface area contributed by atoms with E-state index in [0.29, 0.717) is 23.3 Å². The summed E-state index contributed by atoms with van der Waals surface area (Å²) in [6.07, 6.45) is 6.96. The third-order valence-corrected chi connectivity index (χ3v) is 6.47. The zero-order valence-corrected chi connectivity index (χ0v) is 17.5. The van der Waals surface area contributed by atoms with Crippen LogP contribution in [0.4, 0.5) is 0 Å². The van der Waals surface area contributed by atoms with E-state index in [4.69, 9.17) is 20.9 Å². The van der Waals surface area contributed by atoms with Crippen molar-refractivity contribution in [2.45, 2.75) is 55.7 Å². The molecule has 3 atom stereocenters. The molecule has 0 aliphatic carbocycles. The molecule has 3 heterocycles. The summed E-state index contributed by atoms with van der Waals surface area (Å²) in [6, 6.07) is 11.1. The van der Waals surface area contributed by atoms with Crippen molar-refractivity contribution >= 4 is 21.7 Å². The second kappa shape index (κ2) is 8.78. The highest BCUT2D eigenvalue weighted by Gasteiger charge is 2.39. The highest BCUT2D eigenvalue weighted by atomic mass is 35.5. The van der Waals surface area contributed by atoms with E-state index in [1.54, 1.807) is 24.4 Å². The Balaban J connectivity index is 0.000000178. The van der Waals surface area contributed by atoms with Crippen molar-refractivity contribution in [1.29, 1.82) is 0 Å². The third kappa shape index (κ3) is 5.44. The summed E-state index contributed by atoms with van der Waals surface area (Å²) in [6.45, 7) is 1.84. The van der Waals surface area contributed by atoms with Crippen LogP contribution in [0.1, 0.15) is 31.2 Å². The summed E-state index contributed by atoms with van der Waals surface area (Å²) in [4.78, 5) is 6.49. The minimum Gasteiger partial charge on any atom is -0.489 e. The number of halogens is 1. The topological polar surface area (TPSA) is 79.7 Å². The van der Waals surface area contributed by atoms with Crippen LogP contribution in [0.25, 0.3) is 0 Å². The van der Waals surface area contributed by atoms with Crippen molar-refractivity contribution < 1.29 is 17.7 Å². The summed E-state index contributed by atoms with van der Waals surface area (Å²) < 4.78 is 35.5. The predicted molar refractivity (Wildman–Crippen MR) is 108 cm³/mol. The summed E-state index contributed by atoms with van der Waals surface area (Å²) in [5.41, 5.74) is 0.956. The third-order valence-electron chi connectivity index (χ3n) is 5.38.